The maximum Gasteiger partial charge on any atom is 0.155 e. The fraction of sp³-hybridized carbons (Fsp3) is 0.111. The summed E-state index contributed by atoms with van der Waals surface area (Å²) in [4.78, 5) is 10.9. The van der Waals surface area contributed by atoms with Crippen LogP contribution in [0, 0.1) is 0 Å². The Morgan fingerprint density at radius 3 is 1.86 bits per heavy atom. The standard InChI is InChI=1S/C54H44N2S/c1-3-51(46-21-13-20-45(36-46)48-24-14-25-50-49-23-10-11-26-52(49)57-53(48)50)56-54(55-37(2)38-27-29-41(30-28-38)39-15-6-4-7-16-39)47-22-12-19-44(35-47)43-33-31-42(32-34-43)40-17-8-5-9-18-40/h4-12,14-19,21-36,51H,3,13,20H2,1-2H3/b55-37+,56-54-. The molecule has 9 rings (SSSR count). The van der Waals surface area contributed by atoms with E-state index in [2.05, 4.69) is 202 Å². The summed E-state index contributed by atoms with van der Waals surface area (Å²) in [6.45, 7) is 4.34. The van der Waals surface area contributed by atoms with Crippen molar-refractivity contribution < 1.29 is 0 Å². The highest BCUT2D eigenvalue weighted by molar-refractivity contribution is 7.26. The molecule has 1 heterocycles. The maximum atomic E-state index is 5.55. The fourth-order valence-corrected chi connectivity index (χ4v) is 9.22. The van der Waals surface area contributed by atoms with Gasteiger partial charge in [0.15, 0.2) is 5.84 Å². The summed E-state index contributed by atoms with van der Waals surface area (Å²) >= 11 is 1.90. The van der Waals surface area contributed by atoms with E-state index in [0.29, 0.717) is 0 Å². The number of amidine groups is 1. The van der Waals surface area contributed by atoms with Gasteiger partial charge in [0, 0.05) is 31.4 Å². The summed E-state index contributed by atoms with van der Waals surface area (Å²) in [5.74, 6) is 0.752. The van der Waals surface area contributed by atoms with E-state index in [-0.39, 0.29) is 6.04 Å². The number of fused-ring (bicyclic) bond motifs is 3. The third-order valence-electron chi connectivity index (χ3n) is 11.1. The number of hydrogen-bond acceptors (Lipinski definition) is 2. The Kier molecular flexibility index (Phi) is 10.4. The Morgan fingerprint density at radius 1 is 0.579 bits per heavy atom. The molecule has 57 heavy (non-hydrogen) atoms. The number of benzene rings is 7. The van der Waals surface area contributed by atoms with Crippen LogP contribution in [-0.2, 0) is 0 Å². The second-order valence-corrected chi connectivity index (χ2v) is 15.8. The topological polar surface area (TPSA) is 24.7 Å². The molecule has 1 aliphatic carbocycles. The first-order valence-electron chi connectivity index (χ1n) is 20.0. The highest BCUT2D eigenvalue weighted by Gasteiger charge is 2.19. The molecule has 0 amide bonds. The SMILES string of the molecule is CCC(/N=C(\N=C(/C)c1ccc(-c2ccccc2)cc1)c1cccc(-c2ccc(-c3ccccc3)cc2)c1)C1=CCCC(c2cccc3c2sc2ccccc23)=C1. The summed E-state index contributed by atoms with van der Waals surface area (Å²) in [7, 11) is 0. The van der Waals surface area contributed by atoms with Gasteiger partial charge in [-0.25, -0.2) is 4.99 Å². The zero-order chi connectivity index (χ0) is 38.6. The minimum Gasteiger partial charge on any atom is -0.258 e. The fourth-order valence-electron chi connectivity index (χ4n) is 7.97. The number of allylic oxidation sites excluding steroid dienone is 2. The first-order valence-corrected chi connectivity index (χ1v) is 20.8. The molecule has 1 aliphatic rings. The highest BCUT2D eigenvalue weighted by Crippen LogP contribution is 2.41. The average molecular weight is 753 g/mol. The van der Waals surface area contributed by atoms with Crippen molar-refractivity contribution in [3.05, 3.63) is 210 Å². The summed E-state index contributed by atoms with van der Waals surface area (Å²) in [5, 5.41) is 2.68. The van der Waals surface area contributed by atoms with E-state index in [4.69, 9.17) is 9.98 Å². The minimum absolute atomic E-state index is 0.0391. The van der Waals surface area contributed by atoms with Gasteiger partial charge < -0.3 is 0 Å². The molecular formula is C54H44N2S. The van der Waals surface area contributed by atoms with Crippen molar-refractivity contribution in [1.29, 1.82) is 0 Å². The Balaban J connectivity index is 1.09. The summed E-state index contributed by atoms with van der Waals surface area (Å²) in [6.07, 6.45) is 7.70. The number of hydrogen-bond donors (Lipinski definition) is 0. The Labute approximate surface area is 340 Å². The maximum absolute atomic E-state index is 5.55. The largest absolute Gasteiger partial charge is 0.258 e. The van der Waals surface area contributed by atoms with E-state index < -0.39 is 0 Å². The van der Waals surface area contributed by atoms with Gasteiger partial charge in [0.1, 0.15) is 0 Å². The number of aliphatic imine (C=N–C) groups is 2. The summed E-state index contributed by atoms with van der Waals surface area (Å²) in [6, 6.07) is 62.9. The second-order valence-electron chi connectivity index (χ2n) is 14.7. The van der Waals surface area contributed by atoms with Gasteiger partial charge in [-0.05, 0) is 94.0 Å². The summed E-state index contributed by atoms with van der Waals surface area (Å²) in [5.41, 5.74) is 14.2. The van der Waals surface area contributed by atoms with Gasteiger partial charge in [0.2, 0.25) is 0 Å². The van der Waals surface area contributed by atoms with Gasteiger partial charge in [-0.1, -0.05) is 183 Å². The first kappa shape index (κ1) is 36.2. The van der Waals surface area contributed by atoms with Gasteiger partial charge >= 0.3 is 0 Å². The van der Waals surface area contributed by atoms with Crippen molar-refractivity contribution in [3.63, 3.8) is 0 Å². The molecule has 0 aliphatic heterocycles. The molecule has 1 unspecified atom stereocenters. The van der Waals surface area contributed by atoms with E-state index in [1.54, 1.807) is 0 Å². The quantitative estimate of drug-likeness (QED) is 0.104. The van der Waals surface area contributed by atoms with Gasteiger partial charge in [-0.15, -0.1) is 11.3 Å². The van der Waals surface area contributed by atoms with Crippen molar-refractivity contribution in [3.8, 4) is 33.4 Å². The number of thiophene rings is 1. The van der Waals surface area contributed by atoms with Gasteiger partial charge in [0.05, 0.1) is 6.04 Å². The first-order chi connectivity index (χ1) is 28.1. The zero-order valence-electron chi connectivity index (χ0n) is 32.4. The molecule has 0 radical (unpaired) electrons. The zero-order valence-corrected chi connectivity index (χ0v) is 33.2. The van der Waals surface area contributed by atoms with Crippen LogP contribution in [0.2, 0.25) is 0 Å². The third-order valence-corrected chi connectivity index (χ3v) is 12.3. The lowest BCUT2D eigenvalue weighted by Gasteiger charge is -2.20. The molecule has 8 aromatic rings. The smallest absolute Gasteiger partial charge is 0.155 e. The average Bonchev–Trinajstić information content (AvgIpc) is 3.67. The molecule has 1 aromatic heterocycles. The van der Waals surface area contributed by atoms with Crippen LogP contribution in [0.3, 0.4) is 0 Å². The van der Waals surface area contributed by atoms with Gasteiger partial charge in [-0.3, -0.25) is 4.99 Å². The van der Waals surface area contributed by atoms with Crippen LogP contribution in [0.1, 0.15) is 49.8 Å². The predicted octanol–water partition coefficient (Wildman–Crippen LogP) is 14.9. The predicted molar refractivity (Wildman–Crippen MR) is 247 cm³/mol. The second kappa shape index (κ2) is 16.4. The molecule has 0 saturated heterocycles. The van der Waals surface area contributed by atoms with Crippen molar-refractivity contribution in [1.82, 2.24) is 0 Å². The molecule has 0 saturated carbocycles. The Morgan fingerprint density at radius 2 is 1.16 bits per heavy atom. The van der Waals surface area contributed by atoms with Crippen molar-refractivity contribution in [2.75, 3.05) is 0 Å². The van der Waals surface area contributed by atoms with Crippen LogP contribution in [0.4, 0.5) is 0 Å². The number of nitrogens with zero attached hydrogens (tertiary/aromatic N) is 2. The van der Waals surface area contributed by atoms with Crippen LogP contribution in [0.25, 0.3) is 59.1 Å². The van der Waals surface area contributed by atoms with Crippen LogP contribution in [-0.4, -0.2) is 17.6 Å². The lowest BCUT2D eigenvalue weighted by atomic mass is 9.89. The molecule has 2 nitrogen and oxygen atoms in total. The van der Waals surface area contributed by atoms with Gasteiger partial charge in [-0.2, -0.15) is 0 Å². The molecule has 0 bridgehead atoms. The lowest BCUT2D eigenvalue weighted by molar-refractivity contribution is 0.747. The van der Waals surface area contributed by atoms with Crippen LogP contribution < -0.4 is 0 Å². The summed E-state index contributed by atoms with van der Waals surface area (Å²) < 4.78 is 2.71. The molecule has 0 spiro atoms. The van der Waals surface area contributed by atoms with E-state index in [1.807, 2.05) is 11.3 Å². The third kappa shape index (κ3) is 7.72. The molecular weight excluding hydrogens is 709 g/mol. The Bertz CT molecular complexity index is 2800. The van der Waals surface area contributed by atoms with Crippen LogP contribution in [0.5, 0.6) is 0 Å². The molecule has 7 aromatic carbocycles. The molecule has 1 atom stereocenters. The van der Waals surface area contributed by atoms with Crippen molar-refractivity contribution in [2.45, 2.75) is 39.2 Å². The Hall–Kier alpha value is -6.42. The normalized spacial score (nSPS) is 14.1. The van der Waals surface area contributed by atoms with E-state index in [9.17, 15) is 0 Å². The van der Waals surface area contributed by atoms with E-state index >= 15 is 0 Å². The van der Waals surface area contributed by atoms with Crippen LogP contribution in [0.15, 0.2) is 204 Å². The number of rotatable bonds is 9. The molecule has 276 valence electrons. The molecule has 0 fully saturated rings. The van der Waals surface area contributed by atoms with E-state index in [0.717, 1.165) is 53.1 Å². The van der Waals surface area contributed by atoms with E-state index in [1.165, 1.54) is 59.1 Å². The lowest BCUT2D eigenvalue weighted by Crippen LogP contribution is -2.13. The molecule has 0 N–H and O–H groups in total. The van der Waals surface area contributed by atoms with Crippen molar-refractivity contribution >= 4 is 48.6 Å². The van der Waals surface area contributed by atoms with Gasteiger partial charge in [0.25, 0.3) is 0 Å². The highest BCUT2D eigenvalue weighted by atomic mass is 32.1. The monoisotopic (exact) mass is 752 g/mol. The molecule has 3 heteroatoms. The van der Waals surface area contributed by atoms with Crippen molar-refractivity contribution in [2.24, 2.45) is 9.98 Å². The minimum atomic E-state index is -0.0391. The van der Waals surface area contributed by atoms with Crippen LogP contribution >= 0.6 is 11.3 Å².